The number of aromatic nitrogens is 2. The van der Waals surface area contributed by atoms with Crippen LogP contribution in [-0.2, 0) is 0 Å². The molecule has 19 heavy (non-hydrogen) atoms. The van der Waals surface area contributed by atoms with Crippen molar-refractivity contribution >= 4 is 6.08 Å². The molecule has 0 atom stereocenters. The fourth-order valence-corrected chi connectivity index (χ4v) is 2.10. The molecule has 0 aliphatic carbocycles. The predicted molar refractivity (Wildman–Crippen MR) is 80.6 cm³/mol. The quantitative estimate of drug-likeness (QED) is 0.832. The van der Waals surface area contributed by atoms with Crippen LogP contribution in [0.3, 0.4) is 0 Å². The average Bonchev–Trinajstić information content (AvgIpc) is 2.74. The molecular formula is C16H21N3. The van der Waals surface area contributed by atoms with Crippen molar-refractivity contribution in [2.24, 2.45) is 0 Å². The number of nitrogens with zero attached hydrogens (tertiary/aromatic N) is 2. The molecule has 3 nitrogen and oxygen atoms in total. The number of hydrogen-bond donors (Lipinski definition) is 1. The zero-order valence-corrected chi connectivity index (χ0v) is 11.9. The molecule has 3 heteroatoms. The molecule has 1 heterocycles. The number of hydrogen-bond acceptors (Lipinski definition) is 2. The van der Waals surface area contributed by atoms with E-state index in [2.05, 4.69) is 59.8 Å². The lowest BCUT2D eigenvalue weighted by atomic mass is 10.1. The topological polar surface area (TPSA) is 29.9 Å². The molecular weight excluding hydrogens is 234 g/mol. The summed E-state index contributed by atoms with van der Waals surface area (Å²) >= 11 is 0. The van der Waals surface area contributed by atoms with Gasteiger partial charge in [0, 0.05) is 5.69 Å². The van der Waals surface area contributed by atoms with Gasteiger partial charge in [-0.25, -0.2) is 4.68 Å². The van der Waals surface area contributed by atoms with Crippen LogP contribution in [0.2, 0.25) is 0 Å². The Kier molecular flexibility index (Phi) is 4.53. The van der Waals surface area contributed by atoms with Crippen molar-refractivity contribution in [3.8, 4) is 5.69 Å². The molecule has 0 spiro atoms. The first kappa shape index (κ1) is 13.6. The fourth-order valence-electron chi connectivity index (χ4n) is 2.10. The molecule has 2 rings (SSSR count). The summed E-state index contributed by atoms with van der Waals surface area (Å²) in [6, 6.07) is 10.5. The second-order valence-electron chi connectivity index (χ2n) is 4.73. The van der Waals surface area contributed by atoms with Gasteiger partial charge in [0.15, 0.2) is 0 Å². The van der Waals surface area contributed by atoms with Crippen LogP contribution in [0.4, 0.5) is 0 Å². The summed E-state index contributed by atoms with van der Waals surface area (Å²) < 4.78 is 1.99. The maximum absolute atomic E-state index is 4.51. The van der Waals surface area contributed by atoms with Crippen molar-refractivity contribution in [3.05, 3.63) is 53.4 Å². The summed E-state index contributed by atoms with van der Waals surface area (Å²) in [5, 5.41) is 7.65. The third-order valence-corrected chi connectivity index (χ3v) is 3.00. The third-order valence-electron chi connectivity index (χ3n) is 3.00. The van der Waals surface area contributed by atoms with Gasteiger partial charge in [-0.15, -0.1) is 0 Å². The highest BCUT2D eigenvalue weighted by Crippen LogP contribution is 2.14. The molecule has 0 aliphatic rings. The van der Waals surface area contributed by atoms with E-state index in [-0.39, 0.29) is 0 Å². The molecule has 2 aromatic rings. The lowest BCUT2D eigenvalue weighted by Gasteiger charge is -2.05. The van der Waals surface area contributed by atoms with Crippen molar-refractivity contribution in [1.82, 2.24) is 15.1 Å². The van der Waals surface area contributed by atoms with Crippen molar-refractivity contribution in [3.63, 3.8) is 0 Å². The van der Waals surface area contributed by atoms with E-state index in [9.17, 15) is 0 Å². The van der Waals surface area contributed by atoms with Crippen LogP contribution in [0.25, 0.3) is 11.8 Å². The third kappa shape index (κ3) is 3.55. The minimum Gasteiger partial charge on any atom is -0.319 e. The van der Waals surface area contributed by atoms with Gasteiger partial charge in [0.05, 0.1) is 11.4 Å². The molecule has 1 aromatic carbocycles. The Hall–Kier alpha value is -1.87. The van der Waals surface area contributed by atoms with Crippen LogP contribution in [0.5, 0.6) is 0 Å². The maximum atomic E-state index is 4.51. The highest BCUT2D eigenvalue weighted by atomic mass is 15.3. The van der Waals surface area contributed by atoms with E-state index in [1.807, 2.05) is 18.7 Å². The second kappa shape index (κ2) is 6.34. The van der Waals surface area contributed by atoms with Crippen molar-refractivity contribution in [2.45, 2.75) is 20.3 Å². The van der Waals surface area contributed by atoms with E-state index in [1.165, 1.54) is 5.56 Å². The van der Waals surface area contributed by atoms with Crippen molar-refractivity contribution in [2.75, 3.05) is 13.6 Å². The Morgan fingerprint density at radius 3 is 2.79 bits per heavy atom. The Bertz CT molecular complexity index is 567. The number of rotatable bonds is 5. The van der Waals surface area contributed by atoms with Gasteiger partial charge in [-0.2, -0.15) is 5.10 Å². The van der Waals surface area contributed by atoms with Gasteiger partial charge in [0.1, 0.15) is 0 Å². The Morgan fingerprint density at radius 1 is 1.26 bits per heavy atom. The van der Waals surface area contributed by atoms with Gasteiger partial charge in [0.25, 0.3) is 0 Å². The van der Waals surface area contributed by atoms with Gasteiger partial charge in [-0.1, -0.05) is 24.3 Å². The van der Waals surface area contributed by atoms with Crippen LogP contribution in [0.1, 0.15) is 23.4 Å². The molecule has 0 saturated carbocycles. The fraction of sp³-hybridized carbons (Fsp3) is 0.312. The lowest BCUT2D eigenvalue weighted by molar-refractivity contribution is 0.809. The first-order valence-corrected chi connectivity index (χ1v) is 6.65. The number of aryl methyl sites for hydroxylation is 2. The summed E-state index contributed by atoms with van der Waals surface area (Å²) in [6.07, 6.45) is 5.39. The van der Waals surface area contributed by atoms with E-state index in [1.54, 1.807) is 0 Å². The summed E-state index contributed by atoms with van der Waals surface area (Å²) in [7, 11) is 1.97. The van der Waals surface area contributed by atoms with Gasteiger partial charge in [0.2, 0.25) is 0 Å². The van der Waals surface area contributed by atoms with Crippen molar-refractivity contribution < 1.29 is 0 Å². The monoisotopic (exact) mass is 255 g/mol. The minimum absolute atomic E-state index is 1.01. The van der Waals surface area contributed by atoms with E-state index < -0.39 is 0 Å². The first-order chi connectivity index (χ1) is 9.20. The molecule has 1 aromatic heterocycles. The van der Waals surface area contributed by atoms with Gasteiger partial charge in [-0.3, -0.25) is 0 Å². The van der Waals surface area contributed by atoms with Gasteiger partial charge < -0.3 is 5.32 Å². The zero-order chi connectivity index (χ0) is 13.7. The lowest BCUT2D eigenvalue weighted by Crippen LogP contribution is -2.05. The molecule has 0 aliphatic heterocycles. The summed E-state index contributed by atoms with van der Waals surface area (Å²) in [5.41, 5.74) is 4.53. The SMILES string of the molecule is CNCCC=Cc1cccc(-n2nc(C)cc2C)c1. The largest absolute Gasteiger partial charge is 0.319 e. The van der Waals surface area contributed by atoms with Crippen molar-refractivity contribution in [1.29, 1.82) is 0 Å². The van der Waals surface area contributed by atoms with Crippen LogP contribution >= 0.6 is 0 Å². The van der Waals surface area contributed by atoms with Gasteiger partial charge >= 0.3 is 0 Å². The maximum Gasteiger partial charge on any atom is 0.0654 e. The molecule has 0 saturated heterocycles. The Morgan fingerprint density at radius 2 is 2.11 bits per heavy atom. The second-order valence-corrected chi connectivity index (χ2v) is 4.73. The zero-order valence-electron chi connectivity index (χ0n) is 11.9. The molecule has 100 valence electrons. The molecule has 0 amide bonds. The summed E-state index contributed by atoms with van der Waals surface area (Å²) in [5.74, 6) is 0. The highest BCUT2D eigenvalue weighted by Gasteiger charge is 2.03. The smallest absolute Gasteiger partial charge is 0.0654 e. The van der Waals surface area contributed by atoms with E-state index in [0.29, 0.717) is 0 Å². The van der Waals surface area contributed by atoms with E-state index in [0.717, 1.165) is 30.0 Å². The van der Waals surface area contributed by atoms with E-state index >= 15 is 0 Å². The normalized spacial score (nSPS) is 11.3. The first-order valence-electron chi connectivity index (χ1n) is 6.65. The predicted octanol–water partition coefficient (Wildman–Crippen LogP) is 3.11. The standard InChI is InChI=1S/C16H21N3/c1-13-11-14(2)19(18-13)16-9-6-8-15(12-16)7-4-5-10-17-3/h4,6-9,11-12,17H,5,10H2,1-3H3. The Labute approximate surface area is 115 Å². The molecule has 0 bridgehead atoms. The highest BCUT2D eigenvalue weighted by molar-refractivity contribution is 5.53. The molecule has 0 unspecified atom stereocenters. The van der Waals surface area contributed by atoms with Gasteiger partial charge in [-0.05, 0) is 57.6 Å². The molecule has 1 N–H and O–H groups in total. The molecule has 0 radical (unpaired) electrons. The van der Waals surface area contributed by atoms with Crippen LogP contribution < -0.4 is 5.32 Å². The van der Waals surface area contributed by atoms with E-state index in [4.69, 9.17) is 0 Å². The van der Waals surface area contributed by atoms with Crippen LogP contribution in [0, 0.1) is 13.8 Å². The number of nitrogens with one attached hydrogen (secondary N) is 1. The summed E-state index contributed by atoms with van der Waals surface area (Å²) in [4.78, 5) is 0. The average molecular weight is 255 g/mol. The Balaban J connectivity index is 2.20. The molecule has 0 fully saturated rings. The van der Waals surface area contributed by atoms with Crippen LogP contribution in [0.15, 0.2) is 36.4 Å². The summed E-state index contributed by atoms with van der Waals surface area (Å²) in [6.45, 7) is 5.11. The number of benzene rings is 1. The minimum atomic E-state index is 1.01. The van der Waals surface area contributed by atoms with Crippen LogP contribution in [-0.4, -0.2) is 23.4 Å².